The smallest absolute Gasteiger partial charge is 0.306 e. The lowest BCUT2D eigenvalue weighted by Gasteiger charge is -2.15. The minimum atomic E-state index is -0.831. The average Bonchev–Trinajstić information content (AvgIpc) is 3.15. The number of allylic oxidation sites excluding steroid dienone is 18. The van der Waals surface area contributed by atoms with Gasteiger partial charge in [0, 0.05) is 12.8 Å². The predicted molar refractivity (Wildman–Crippen MR) is 223 cm³/mol. The molecule has 0 fully saturated rings. The molecule has 0 aliphatic rings. The van der Waals surface area contributed by atoms with Gasteiger partial charge in [0.2, 0.25) is 0 Å². The Morgan fingerprint density at radius 1 is 0.462 bits per heavy atom. The topological polar surface area (TPSA) is 72.8 Å². The van der Waals surface area contributed by atoms with Crippen LogP contribution in [0.15, 0.2) is 109 Å². The first kappa shape index (κ1) is 48.6. The van der Waals surface area contributed by atoms with Crippen molar-refractivity contribution in [1.82, 2.24) is 0 Å². The average molecular weight is 719 g/mol. The summed E-state index contributed by atoms with van der Waals surface area (Å²) in [6, 6.07) is 0. The molecule has 0 aromatic rings. The number of carbonyl (C=O) groups excluding carboxylic acids is 2. The zero-order chi connectivity index (χ0) is 37.8. The van der Waals surface area contributed by atoms with Crippen LogP contribution in [0.2, 0.25) is 0 Å². The van der Waals surface area contributed by atoms with Crippen molar-refractivity contribution < 1.29 is 24.2 Å². The Hall–Kier alpha value is -3.44. The second kappa shape index (κ2) is 42.0. The molecule has 0 spiro atoms. The van der Waals surface area contributed by atoms with Crippen LogP contribution in [0.4, 0.5) is 0 Å². The number of ether oxygens (including phenoxy) is 2. The SMILES string of the molecule is CC/C=C/C/C=C/C/C=C/C/C=C/C/C=C/CCCC(=O)O[C@@H](CO)COC(=O)CCC/C=C/C/C=C/C/C=C/C/C=C/CCCCCCCCC. The normalized spacial score (nSPS) is 13.4. The molecule has 0 aliphatic carbocycles. The number of aliphatic hydroxyl groups excluding tert-OH is 1. The molecule has 0 aliphatic heterocycles. The molecule has 5 nitrogen and oxygen atoms in total. The van der Waals surface area contributed by atoms with E-state index in [1.54, 1.807) is 0 Å². The van der Waals surface area contributed by atoms with E-state index < -0.39 is 6.10 Å². The summed E-state index contributed by atoms with van der Waals surface area (Å²) < 4.78 is 10.5. The highest BCUT2D eigenvalue weighted by molar-refractivity contribution is 5.70. The number of hydrogen-bond acceptors (Lipinski definition) is 5. The number of unbranched alkanes of at least 4 members (excludes halogenated alkanes) is 9. The minimum Gasteiger partial charge on any atom is -0.462 e. The Kier molecular flexibility index (Phi) is 39.2. The number of aliphatic hydroxyl groups is 1. The van der Waals surface area contributed by atoms with E-state index in [2.05, 4.69) is 123 Å². The van der Waals surface area contributed by atoms with E-state index in [-0.39, 0.29) is 38.0 Å². The maximum absolute atomic E-state index is 12.2. The molecular weight excluding hydrogens is 645 g/mol. The lowest BCUT2D eigenvalue weighted by atomic mass is 10.1. The first-order valence-electron chi connectivity index (χ1n) is 20.4. The van der Waals surface area contributed by atoms with Gasteiger partial charge in [0.1, 0.15) is 6.61 Å². The van der Waals surface area contributed by atoms with Crippen molar-refractivity contribution in [3.63, 3.8) is 0 Å². The van der Waals surface area contributed by atoms with Crippen molar-refractivity contribution in [3.05, 3.63) is 109 Å². The van der Waals surface area contributed by atoms with E-state index in [0.717, 1.165) is 64.2 Å². The van der Waals surface area contributed by atoms with Gasteiger partial charge in [-0.15, -0.1) is 0 Å². The van der Waals surface area contributed by atoms with E-state index in [4.69, 9.17) is 9.47 Å². The van der Waals surface area contributed by atoms with Gasteiger partial charge in [0.05, 0.1) is 6.61 Å². The van der Waals surface area contributed by atoms with Crippen molar-refractivity contribution in [2.75, 3.05) is 13.2 Å². The van der Waals surface area contributed by atoms with Crippen LogP contribution < -0.4 is 0 Å². The summed E-state index contributed by atoms with van der Waals surface area (Å²) in [4.78, 5) is 24.2. The van der Waals surface area contributed by atoms with Gasteiger partial charge < -0.3 is 14.6 Å². The molecule has 0 amide bonds. The van der Waals surface area contributed by atoms with Crippen LogP contribution in [0.5, 0.6) is 0 Å². The van der Waals surface area contributed by atoms with Crippen LogP contribution in [0, 0.1) is 0 Å². The Morgan fingerprint density at radius 2 is 0.827 bits per heavy atom. The van der Waals surface area contributed by atoms with Crippen LogP contribution in [0.1, 0.15) is 155 Å². The molecule has 1 N–H and O–H groups in total. The molecule has 1 atom stereocenters. The molecule has 5 heteroatoms. The largest absolute Gasteiger partial charge is 0.462 e. The van der Waals surface area contributed by atoms with E-state index in [1.807, 2.05) is 0 Å². The molecule has 0 saturated carbocycles. The first-order chi connectivity index (χ1) is 25.6. The van der Waals surface area contributed by atoms with Gasteiger partial charge in [-0.2, -0.15) is 0 Å². The quantitative estimate of drug-likeness (QED) is 0.0401. The van der Waals surface area contributed by atoms with E-state index in [0.29, 0.717) is 12.8 Å². The standard InChI is InChI=1S/C47H74O5/c1-3-5-7-9-11-13-15-17-19-21-22-23-24-26-27-29-31-33-35-37-39-41-46(49)51-44-45(43-48)52-47(50)42-40-38-36-34-32-30-28-25-20-18-16-14-12-10-8-6-4-2/h6,8,12,14,18-21,23-24,27-30,33-36,45,48H,3-5,7,9-11,13,15-17,22,25-26,31-32,37-44H2,1-2H3/b8-6+,14-12+,20-18+,21-19+,24-23+,29-27+,30-28+,35-33+,36-34+/t45-/m0/s1. The predicted octanol–water partition coefficient (Wildman–Crippen LogP) is 13.1. The van der Waals surface area contributed by atoms with Gasteiger partial charge in [-0.25, -0.2) is 0 Å². The van der Waals surface area contributed by atoms with Crippen LogP contribution in [0.25, 0.3) is 0 Å². The van der Waals surface area contributed by atoms with Crippen molar-refractivity contribution in [1.29, 1.82) is 0 Å². The Morgan fingerprint density at radius 3 is 1.25 bits per heavy atom. The molecule has 0 bridgehead atoms. The summed E-state index contributed by atoms with van der Waals surface area (Å²) in [5.74, 6) is -0.736. The van der Waals surface area contributed by atoms with Gasteiger partial charge in [-0.3, -0.25) is 9.59 Å². The number of esters is 2. The Balaban J connectivity index is 3.78. The Bertz CT molecular complexity index is 1090. The summed E-state index contributed by atoms with van der Waals surface area (Å²) in [6.45, 7) is 3.90. The minimum absolute atomic E-state index is 0.125. The molecule has 0 rings (SSSR count). The molecule has 52 heavy (non-hydrogen) atoms. The summed E-state index contributed by atoms with van der Waals surface area (Å²) in [5.41, 5.74) is 0. The highest BCUT2D eigenvalue weighted by Gasteiger charge is 2.15. The van der Waals surface area contributed by atoms with Gasteiger partial charge in [0.25, 0.3) is 0 Å². The zero-order valence-corrected chi connectivity index (χ0v) is 33.0. The van der Waals surface area contributed by atoms with Crippen molar-refractivity contribution >= 4 is 11.9 Å². The highest BCUT2D eigenvalue weighted by atomic mass is 16.6. The van der Waals surface area contributed by atoms with Gasteiger partial charge >= 0.3 is 11.9 Å². The maximum Gasteiger partial charge on any atom is 0.306 e. The third kappa shape index (κ3) is 39.3. The number of rotatable bonds is 35. The van der Waals surface area contributed by atoms with Gasteiger partial charge in [0.15, 0.2) is 6.10 Å². The summed E-state index contributed by atoms with van der Waals surface area (Å²) in [7, 11) is 0. The number of carbonyl (C=O) groups is 2. The number of hydrogen-bond donors (Lipinski definition) is 1. The van der Waals surface area contributed by atoms with Crippen LogP contribution >= 0.6 is 0 Å². The van der Waals surface area contributed by atoms with Crippen molar-refractivity contribution in [3.8, 4) is 0 Å². The zero-order valence-electron chi connectivity index (χ0n) is 33.0. The third-order valence-electron chi connectivity index (χ3n) is 8.05. The van der Waals surface area contributed by atoms with Crippen LogP contribution in [0.3, 0.4) is 0 Å². The summed E-state index contributed by atoms with van der Waals surface area (Å²) in [6.07, 6.45) is 60.2. The maximum atomic E-state index is 12.2. The second-order valence-corrected chi connectivity index (χ2v) is 13.0. The molecule has 0 heterocycles. The highest BCUT2D eigenvalue weighted by Crippen LogP contribution is 2.09. The fourth-order valence-corrected chi connectivity index (χ4v) is 4.99. The molecule has 0 aromatic carbocycles. The molecular formula is C47H74O5. The first-order valence-corrected chi connectivity index (χ1v) is 20.4. The van der Waals surface area contributed by atoms with Crippen LogP contribution in [-0.4, -0.2) is 36.4 Å². The third-order valence-corrected chi connectivity index (χ3v) is 8.05. The summed E-state index contributed by atoms with van der Waals surface area (Å²) >= 11 is 0. The monoisotopic (exact) mass is 719 g/mol. The van der Waals surface area contributed by atoms with E-state index in [9.17, 15) is 14.7 Å². The molecule has 0 unspecified atom stereocenters. The fourth-order valence-electron chi connectivity index (χ4n) is 4.99. The molecule has 0 saturated heterocycles. The molecule has 292 valence electrons. The second-order valence-electron chi connectivity index (χ2n) is 13.0. The van der Waals surface area contributed by atoms with E-state index in [1.165, 1.54) is 51.4 Å². The Labute approximate surface area is 319 Å². The molecule has 0 aromatic heterocycles. The van der Waals surface area contributed by atoms with Gasteiger partial charge in [-0.05, 0) is 89.9 Å². The van der Waals surface area contributed by atoms with Crippen molar-refractivity contribution in [2.45, 2.75) is 161 Å². The van der Waals surface area contributed by atoms with E-state index >= 15 is 0 Å². The fraction of sp³-hybridized carbons (Fsp3) is 0.574. The van der Waals surface area contributed by atoms with Gasteiger partial charge in [-0.1, -0.05) is 162 Å². The lowest BCUT2D eigenvalue weighted by Crippen LogP contribution is -2.28. The van der Waals surface area contributed by atoms with Crippen LogP contribution in [-0.2, 0) is 19.1 Å². The molecule has 0 radical (unpaired) electrons. The van der Waals surface area contributed by atoms with Crippen molar-refractivity contribution in [2.24, 2.45) is 0 Å². The summed E-state index contributed by atoms with van der Waals surface area (Å²) in [5, 5.41) is 9.55. The lowest BCUT2D eigenvalue weighted by molar-refractivity contribution is -0.161.